The van der Waals surface area contributed by atoms with Gasteiger partial charge in [-0.05, 0) is 31.5 Å². The van der Waals surface area contributed by atoms with E-state index in [9.17, 15) is 9.59 Å². The van der Waals surface area contributed by atoms with Crippen molar-refractivity contribution in [2.24, 2.45) is 10.7 Å². The van der Waals surface area contributed by atoms with Gasteiger partial charge in [-0.15, -0.1) is 0 Å². The quantitative estimate of drug-likeness (QED) is 0.506. The second-order valence-corrected chi connectivity index (χ2v) is 6.92. The highest BCUT2D eigenvalue weighted by Crippen LogP contribution is 2.29. The van der Waals surface area contributed by atoms with Crippen molar-refractivity contribution in [3.05, 3.63) is 52.7 Å². The molecule has 2 aromatic rings. The summed E-state index contributed by atoms with van der Waals surface area (Å²) in [4.78, 5) is 32.2. The number of urea groups is 1. The number of carbonyl (C=O) groups excluding carboxylic acids is 2. The van der Waals surface area contributed by atoms with Gasteiger partial charge in [0.2, 0.25) is 0 Å². The van der Waals surface area contributed by atoms with Gasteiger partial charge in [0.1, 0.15) is 12.3 Å². The number of hydrogen-bond acceptors (Lipinski definition) is 8. The maximum absolute atomic E-state index is 12.9. The largest absolute Gasteiger partial charge is 0.493 e. The van der Waals surface area contributed by atoms with Crippen LogP contribution in [0.1, 0.15) is 22.6 Å². The molecule has 1 aromatic carbocycles. The molecule has 1 fully saturated rings. The highest BCUT2D eigenvalue weighted by Gasteiger charge is 2.37. The first kappa shape index (κ1) is 21.9. The maximum atomic E-state index is 12.9. The summed E-state index contributed by atoms with van der Waals surface area (Å²) in [5, 5.41) is 3.88. The molecule has 0 radical (unpaired) electrons. The number of benzene rings is 1. The van der Waals surface area contributed by atoms with Crippen LogP contribution in [-0.4, -0.2) is 53.9 Å². The Kier molecular flexibility index (Phi) is 6.58. The molecule has 10 heteroatoms. The number of carbonyl (C=O) groups is 2. The zero-order valence-corrected chi connectivity index (χ0v) is 17.9. The van der Waals surface area contributed by atoms with E-state index in [1.807, 2.05) is 13.0 Å². The van der Waals surface area contributed by atoms with E-state index in [0.717, 1.165) is 21.7 Å². The smallest absolute Gasteiger partial charge is 0.332 e. The predicted molar refractivity (Wildman–Crippen MR) is 113 cm³/mol. The summed E-state index contributed by atoms with van der Waals surface area (Å²) in [6.45, 7) is 4.08. The van der Waals surface area contributed by atoms with Crippen molar-refractivity contribution in [3.8, 4) is 11.5 Å². The summed E-state index contributed by atoms with van der Waals surface area (Å²) >= 11 is 0. The minimum absolute atomic E-state index is 0.0672. The molecule has 0 saturated carbocycles. The first-order valence-corrected chi connectivity index (χ1v) is 9.55. The first-order valence-electron chi connectivity index (χ1n) is 9.55. The van der Waals surface area contributed by atoms with Gasteiger partial charge in [0.15, 0.2) is 11.5 Å². The molecular formula is C21H25N5O5. The van der Waals surface area contributed by atoms with Gasteiger partial charge in [0.05, 0.1) is 32.2 Å². The predicted octanol–water partition coefficient (Wildman–Crippen LogP) is 2.14. The molecule has 2 heterocycles. The Labute approximate surface area is 179 Å². The van der Waals surface area contributed by atoms with Crippen LogP contribution in [0, 0.1) is 13.8 Å². The Morgan fingerprint density at radius 2 is 2.00 bits per heavy atom. The highest BCUT2D eigenvalue weighted by molar-refractivity contribution is 6.07. The van der Waals surface area contributed by atoms with Crippen molar-refractivity contribution in [2.75, 3.05) is 20.8 Å². The van der Waals surface area contributed by atoms with Gasteiger partial charge in [-0.1, -0.05) is 11.2 Å². The number of aliphatic imine (C=N–C) groups is 1. The van der Waals surface area contributed by atoms with Crippen LogP contribution < -0.4 is 15.2 Å². The molecule has 0 spiro atoms. The zero-order valence-electron chi connectivity index (χ0n) is 17.9. The number of amides is 3. The van der Waals surface area contributed by atoms with Crippen LogP contribution in [0.25, 0.3) is 0 Å². The van der Waals surface area contributed by atoms with Crippen LogP contribution in [0.5, 0.6) is 11.5 Å². The first-order chi connectivity index (χ1) is 14.9. The summed E-state index contributed by atoms with van der Waals surface area (Å²) in [6.07, 6.45) is 2.59. The normalized spacial score (nSPS) is 14.8. The van der Waals surface area contributed by atoms with E-state index in [0.29, 0.717) is 23.8 Å². The monoisotopic (exact) mass is 427 g/mol. The van der Waals surface area contributed by atoms with E-state index in [-0.39, 0.29) is 24.7 Å². The van der Waals surface area contributed by atoms with Crippen molar-refractivity contribution >= 4 is 18.2 Å². The third-order valence-corrected chi connectivity index (χ3v) is 4.94. The summed E-state index contributed by atoms with van der Waals surface area (Å²) in [5.74, 6) is 1.41. The van der Waals surface area contributed by atoms with E-state index < -0.39 is 6.03 Å². The number of ether oxygens (including phenoxy) is 2. The molecule has 31 heavy (non-hydrogen) atoms. The summed E-state index contributed by atoms with van der Waals surface area (Å²) in [7, 11) is 3.08. The van der Waals surface area contributed by atoms with Gasteiger partial charge < -0.3 is 24.6 Å². The summed E-state index contributed by atoms with van der Waals surface area (Å²) in [6, 6.07) is 4.86. The van der Waals surface area contributed by atoms with Crippen LogP contribution in [0.2, 0.25) is 0 Å². The number of hydrogen-bond donors (Lipinski definition) is 1. The van der Waals surface area contributed by atoms with E-state index in [1.165, 1.54) is 24.4 Å². The lowest BCUT2D eigenvalue weighted by Crippen LogP contribution is -2.33. The number of aryl methyl sites for hydroxylation is 2. The number of rotatable bonds is 8. The molecule has 0 aliphatic carbocycles. The topological polar surface area (TPSA) is 123 Å². The minimum Gasteiger partial charge on any atom is -0.493 e. The lowest BCUT2D eigenvalue weighted by Gasteiger charge is -2.18. The lowest BCUT2D eigenvalue weighted by atomic mass is 10.2. The Bertz CT molecular complexity index is 1020. The SMILES string of the molecule is COc1ccc(CN2CC(=O)N(C(C=NCc3c(C)noc3C)=CN)C2=O)cc1OC. The molecule has 3 amide bonds. The van der Waals surface area contributed by atoms with E-state index in [1.54, 1.807) is 26.2 Å². The van der Waals surface area contributed by atoms with Gasteiger partial charge >= 0.3 is 6.03 Å². The molecule has 1 aliphatic heterocycles. The average Bonchev–Trinajstić information content (AvgIpc) is 3.23. The molecule has 10 nitrogen and oxygen atoms in total. The summed E-state index contributed by atoms with van der Waals surface area (Å²) < 4.78 is 15.6. The fourth-order valence-electron chi connectivity index (χ4n) is 3.26. The highest BCUT2D eigenvalue weighted by atomic mass is 16.5. The van der Waals surface area contributed by atoms with E-state index >= 15 is 0 Å². The van der Waals surface area contributed by atoms with Gasteiger partial charge in [-0.3, -0.25) is 9.79 Å². The van der Waals surface area contributed by atoms with E-state index in [4.69, 9.17) is 19.7 Å². The number of allylic oxidation sites excluding steroid dienone is 1. The Hall–Kier alpha value is -3.82. The van der Waals surface area contributed by atoms with Crippen molar-refractivity contribution in [1.82, 2.24) is 15.0 Å². The van der Waals surface area contributed by atoms with Crippen LogP contribution in [0.3, 0.4) is 0 Å². The lowest BCUT2D eigenvalue weighted by molar-refractivity contribution is -0.123. The van der Waals surface area contributed by atoms with Crippen LogP contribution in [0.4, 0.5) is 4.79 Å². The molecule has 3 rings (SSSR count). The molecular weight excluding hydrogens is 402 g/mol. The van der Waals surface area contributed by atoms with Crippen LogP contribution in [-0.2, 0) is 17.9 Å². The Morgan fingerprint density at radius 1 is 1.26 bits per heavy atom. The summed E-state index contributed by atoms with van der Waals surface area (Å²) in [5.41, 5.74) is 8.27. The van der Waals surface area contributed by atoms with Crippen molar-refractivity contribution in [3.63, 3.8) is 0 Å². The molecule has 1 saturated heterocycles. The molecule has 0 atom stereocenters. The molecule has 2 N–H and O–H groups in total. The fraction of sp³-hybridized carbons (Fsp3) is 0.333. The average molecular weight is 427 g/mol. The number of imide groups is 1. The van der Waals surface area contributed by atoms with Gasteiger partial charge in [-0.2, -0.15) is 0 Å². The second kappa shape index (κ2) is 9.33. The zero-order chi connectivity index (χ0) is 22.5. The number of nitrogens with zero attached hydrogens (tertiary/aromatic N) is 4. The van der Waals surface area contributed by atoms with Crippen molar-refractivity contribution in [1.29, 1.82) is 0 Å². The molecule has 0 unspecified atom stereocenters. The molecule has 1 aromatic heterocycles. The molecule has 0 bridgehead atoms. The number of methoxy groups -OCH3 is 2. The Balaban J connectivity index is 1.72. The van der Waals surface area contributed by atoms with Gasteiger partial charge in [0, 0.05) is 24.5 Å². The number of nitrogens with two attached hydrogens (primary N) is 1. The Morgan fingerprint density at radius 3 is 2.61 bits per heavy atom. The van der Waals surface area contributed by atoms with Crippen LogP contribution in [0.15, 0.2) is 39.6 Å². The van der Waals surface area contributed by atoms with E-state index in [2.05, 4.69) is 10.1 Å². The molecule has 1 aliphatic rings. The minimum atomic E-state index is -0.472. The van der Waals surface area contributed by atoms with Crippen molar-refractivity contribution < 1.29 is 23.6 Å². The second-order valence-electron chi connectivity index (χ2n) is 6.92. The van der Waals surface area contributed by atoms with Gasteiger partial charge in [-0.25, -0.2) is 9.69 Å². The maximum Gasteiger partial charge on any atom is 0.332 e. The van der Waals surface area contributed by atoms with Crippen LogP contribution >= 0.6 is 0 Å². The number of aromatic nitrogens is 1. The third-order valence-electron chi connectivity index (χ3n) is 4.94. The molecule has 164 valence electrons. The third kappa shape index (κ3) is 4.52. The fourth-order valence-corrected chi connectivity index (χ4v) is 3.26. The van der Waals surface area contributed by atoms with Gasteiger partial charge in [0.25, 0.3) is 5.91 Å². The standard InChI is InChI=1S/C21H25N5O5/c1-13-17(14(2)31-24-13)10-23-9-16(8-22)26-20(27)12-25(21(26)28)11-15-5-6-18(29-3)19(7-15)30-4/h5-9H,10-12,22H2,1-4H3. The van der Waals surface area contributed by atoms with Crippen molar-refractivity contribution in [2.45, 2.75) is 26.9 Å².